The molecule has 4 heterocycles. The normalized spacial score (nSPS) is 20.0. The number of carbonyl (C=O) groups is 8. The van der Waals surface area contributed by atoms with E-state index in [0.717, 1.165) is 22.3 Å². The number of imide groups is 6. The van der Waals surface area contributed by atoms with Crippen molar-refractivity contribution in [3.8, 4) is 0 Å². The van der Waals surface area contributed by atoms with Crippen molar-refractivity contribution in [1.82, 2.24) is 19.6 Å². The van der Waals surface area contributed by atoms with Crippen LogP contribution in [0.1, 0.15) is 123 Å². The molecule has 0 spiro atoms. The monoisotopic (exact) mass is 786 g/mol. The fraction of sp³-hybridized carbons (Fsp3) is 0.524. The summed E-state index contributed by atoms with van der Waals surface area (Å²) in [5.41, 5.74) is 2.73. The Morgan fingerprint density at radius 1 is 0.614 bits per heavy atom. The lowest BCUT2D eigenvalue weighted by molar-refractivity contribution is -0.152. The molecule has 4 aliphatic heterocycles. The Morgan fingerprint density at radius 2 is 1.00 bits per heavy atom. The van der Waals surface area contributed by atoms with E-state index >= 15 is 0 Å². The summed E-state index contributed by atoms with van der Waals surface area (Å²) >= 11 is 0. The lowest BCUT2D eigenvalue weighted by Gasteiger charge is -2.35. The average Bonchev–Trinajstić information content (AvgIpc) is 3.63. The average molecular weight is 787 g/mol. The number of hydrogen-bond donors (Lipinski definition) is 0. The second kappa shape index (κ2) is 16.2. The third kappa shape index (κ3) is 8.78. The van der Waals surface area contributed by atoms with Crippen molar-refractivity contribution in [2.45, 2.75) is 129 Å². The molecule has 2 unspecified atom stereocenters. The van der Waals surface area contributed by atoms with Crippen LogP contribution in [0.25, 0.3) is 0 Å². The van der Waals surface area contributed by atoms with Crippen LogP contribution in [0.3, 0.4) is 0 Å². The van der Waals surface area contributed by atoms with Crippen LogP contribution in [0.2, 0.25) is 0 Å². The molecule has 15 heteroatoms. The molecule has 6 rings (SSSR count). The van der Waals surface area contributed by atoms with Gasteiger partial charge in [-0.2, -0.15) is 9.80 Å². The minimum Gasteiger partial charge on any atom is -0.443 e. The maximum Gasteiger partial charge on any atom is 0.424 e. The van der Waals surface area contributed by atoms with Crippen molar-refractivity contribution in [1.29, 1.82) is 0 Å². The van der Waals surface area contributed by atoms with Crippen molar-refractivity contribution in [2.75, 3.05) is 13.2 Å². The van der Waals surface area contributed by atoms with Crippen molar-refractivity contribution < 1.29 is 52.6 Å². The number of amides is 8. The first-order valence-electron chi connectivity index (χ1n) is 19.5. The van der Waals surface area contributed by atoms with Crippen LogP contribution >= 0.6 is 0 Å². The van der Waals surface area contributed by atoms with Gasteiger partial charge < -0.3 is 24.0 Å². The molecule has 0 radical (unpaired) electrons. The lowest BCUT2D eigenvalue weighted by Crippen LogP contribution is -2.57. The number of hydrogen-bond acceptors (Lipinski definition) is 11. The molecule has 0 N–H and O–H groups in total. The van der Waals surface area contributed by atoms with E-state index in [1.807, 2.05) is 12.1 Å². The molecule has 2 fully saturated rings. The number of benzene rings is 2. The van der Waals surface area contributed by atoms with Gasteiger partial charge in [0.1, 0.15) is 23.3 Å². The quantitative estimate of drug-likeness (QED) is 0.232. The van der Waals surface area contributed by atoms with Crippen molar-refractivity contribution >= 4 is 47.6 Å². The Morgan fingerprint density at radius 3 is 1.37 bits per heavy atom. The van der Waals surface area contributed by atoms with E-state index < -0.39 is 59.1 Å². The molecule has 0 aliphatic carbocycles. The SMILES string of the molecule is CC(C)(C)OC(=O)N1C(=O)CCC(N2Cc3c(CCCOCCCc4cccc5c4CN(C4CCC(=O)N(C(=O)OC(C)(C)C)C4=O)C5=O)cccc3C2=O)C1=O. The van der Waals surface area contributed by atoms with Gasteiger partial charge in [-0.05, 0) is 114 Å². The van der Waals surface area contributed by atoms with E-state index in [9.17, 15) is 38.4 Å². The van der Waals surface area contributed by atoms with Crippen LogP contribution in [0.5, 0.6) is 0 Å². The summed E-state index contributed by atoms with van der Waals surface area (Å²) in [7, 11) is 0. The summed E-state index contributed by atoms with van der Waals surface area (Å²) in [6, 6.07) is 9.03. The fourth-order valence-electron chi connectivity index (χ4n) is 7.75. The molecule has 15 nitrogen and oxygen atoms in total. The summed E-state index contributed by atoms with van der Waals surface area (Å²) in [5, 5.41) is 0. The van der Waals surface area contributed by atoms with E-state index in [0.29, 0.717) is 59.8 Å². The largest absolute Gasteiger partial charge is 0.443 e. The molecule has 2 aromatic carbocycles. The van der Waals surface area contributed by atoms with Gasteiger partial charge in [0.25, 0.3) is 23.6 Å². The zero-order valence-corrected chi connectivity index (χ0v) is 33.4. The van der Waals surface area contributed by atoms with E-state index in [-0.39, 0.29) is 50.6 Å². The van der Waals surface area contributed by atoms with Crippen LogP contribution in [0.4, 0.5) is 9.59 Å². The van der Waals surface area contributed by atoms with Gasteiger partial charge in [-0.1, -0.05) is 24.3 Å². The highest BCUT2D eigenvalue weighted by Gasteiger charge is 2.48. The summed E-state index contributed by atoms with van der Waals surface area (Å²) < 4.78 is 16.6. The first-order valence-corrected chi connectivity index (χ1v) is 19.5. The smallest absolute Gasteiger partial charge is 0.424 e. The van der Waals surface area contributed by atoms with Gasteiger partial charge in [-0.15, -0.1) is 0 Å². The highest BCUT2D eigenvalue weighted by atomic mass is 16.6. The topological polar surface area (TPSA) is 177 Å². The number of fused-ring (bicyclic) bond motifs is 2. The first-order chi connectivity index (χ1) is 26.9. The van der Waals surface area contributed by atoms with Gasteiger partial charge >= 0.3 is 12.2 Å². The van der Waals surface area contributed by atoms with Crippen LogP contribution in [-0.4, -0.2) is 104 Å². The highest BCUT2D eigenvalue weighted by Crippen LogP contribution is 2.34. The zero-order valence-electron chi connectivity index (χ0n) is 33.4. The summed E-state index contributed by atoms with van der Waals surface area (Å²) in [6.07, 6.45) is 0.653. The number of piperidine rings is 2. The Balaban J connectivity index is 0.989. The molecule has 2 saturated heterocycles. The van der Waals surface area contributed by atoms with Gasteiger partial charge in [0.05, 0.1) is 0 Å². The van der Waals surface area contributed by atoms with Gasteiger partial charge in [0.2, 0.25) is 11.8 Å². The van der Waals surface area contributed by atoms with Crippen molar-refractivity contribution in [3.63, 3.8) is 0 Å². The predicted octanol–water partition coefficient (Wildman–Crippen LogP) is 5.09. The number of carbonyl (C=O) groups excluding carboxylic acids is 8. The fourth-order valence-corrected chi connectivity index (χ4v) is 7.75. The Hall–Kier alpha value is -5.44. The highest BCUT2D eigenvalue weighted by molar-refractivity contribution is 6.14. The van der Waals surface area contributed by atoms with Crippen LogP contribution in [0.15, 0.2) is 36.4 Å². The van der Waals surface area contributed by atoms with E-state index in [2.05, 4.69) is 0 Å². The summed E-state index contributed by atoms with van der Waals surface area (Å²) in [5.74, 6) is -3.45. The molecule has 304 valence electrons. The van der Waals surface area contributed by atoms with Crippen LogP contribution in [-0.2, 0) is 59.3 Å². The molecule has 2 atom stereocenters. The standard InChI is InChI=1S/C42H50N4O11/c1-41(2,3)56-39(53)45-33(47)19-17-31(37(45)51)43-23-29-25(11-7-15-27(29)35(43)49)13-9-21-55-22-10-14-26-12-8-16-28-30(26)24-44(36(28)50)32-18-20-34(48)46(38(32)52)40(54)57-42(4,5)6/h7-8,11-12,15-16,31-32H,9-10,13-14,17-24H2,1-6H3. The number of rotatable bonds is 10. The molecule has 4 aliphatic rings. The van der Waals surface area contributed by atoms with E-state index in [1.165, 1.54) is 9.80 Å². The third-order valence-electron chi connectivity index (χ3n) is 10.3. The summed E-state index contributed by atoms with van der Waals surface area (Å²) in [6.45, 7) is 11.2. The molecular weight excluding hydrogens is 736 g/mol. The number of aryl methyl sites for hydroxylation is 2. The second-order valence-corrected chi connectivity index (χ2v) is 16.8. The van der Waals surface area contributed by atoms with Crippen molar-refractivity contribution in [2.24, 2.45) is 0 Å². The molecule has 2 aromatic rings. The van der Waals surface area contributed by atoms with E-state index in [1.54, 1.807) is 65.8 Å². The van der Waals surface area contributed by atoms with Gasteiger partial charge in [0, 0.05) is 50.3 Å². The van der Waals surface area contributed by atoms with Crippen LogP contribution in [0, 0.1) is 0 Å². The van der Waals surface area contributed by atoms with E-state index in [4.69, 9.17) is 14.2 Å². The zero-order chi connectivity index (χ0) is 41.4. The van der Waals surface area contributed by atoms with Gasteiger partial charge in [0.15, 0.2) is 0 Å². The minimum atomic E-state index is -1.04. The Kier molecular flexibility index (Phi) is 11.7. The molecule has 57 heavy (non-hydrogen) atoms. The minimum absolute atomic E-state index is 0.0653. The molecular formula is C42H50N4O11. The Labute approximate surface area is 331 Å². The molecule has 0 bridgehead atoms. The predicted molar refractivity (Wildman–Crippen MR) is 202 cm³/mol. The molecule has 0 saturated carbocycles. The number of likely N-dealkylation sites (tertiary alicyclic amines) is 2. The summed E-state index contributed by atoms with van der Waals surface area (Å²) in [4.78, 5) is 108. The number of nitrogens with zero attached hydrogens (tertiary/aromatic N) is 4. The van der Waals surface area contributed by atoms with Crippen LogP contribution < -0.4 is 0 Å². The number of ether oxygens (including phenoxy) is 3. The second-order valence-electron chi connectivity index (χ2n) is 16.8. The van der Waals surface area contributed by atoms with Crippen molar-refractivity contribution in [3.05, 3.63) is 69.8 Å². The maximum atomic E-state index is 13.5. The molecule has 8 amide bonds. The maximum absolute atomic E-state index is 13.5. The van der Waals surface area contributed by atoms with Gasteiger partial charge in [-0.3, -0.25) is 28.8 Å². The van der Waals surface area contributed by atoms with Gasteiger partial charge in [-0.25, -0.2) is 9.59 Å². The lowest BCUT2D eigenvalue weighted by atomic mass is 9.99. The third-order valence-corrected chi connectivity index (χ3v) is 10.3. The Bertz CT molecular complexity index is 1870. The first kappa shape index (κ1) is 41.2. The molecule has 0 aromatic heterocycles.